The van der Waals surface area contributed by atoms with Gasteiger partial charge in [-0.1, -0.05) is 17.7 Å². The van der Waals surface area contributed by atoms with Crippen LogP contribution in [0.25, 0.3) is 0 Å². The summed E-state index contributed by atoms with van der Waals surface area (Å²) in [5.74, 6) is 0.0201. The van der Waals surface area contributed by atoms with Gasteiger partial charge >= 0.3 is 0 Å². The SMILES string of the molecule is CC1=NN(c2ccc(C)cc2)N2CC[C@@H](C#N)[C@@]12C. The molecule has 4 nitrogen and oxygen atoms in total. The lowest BCUT2D eigenvalue weighted by Crippen LogP contribution is -2.50. The smallest absolute Gasteiger partial charge is 0.0948 e. The van der Waals surface area contributed by atoms with Crippen molar-refractivity contribution >= 4 is 11.4 Å². The van der Waals surface area contributed by atoms with E-state index in [1.54, 1.807) is 0 Å². The lowest BCUT2D eigenvalue weighted by Gasteiger charge is -2.34. The second-order valence-electron chi connectivity index (χ2n) is 5.55. The zero-order valence-electron chi connectivity index (χ0n) is 11.6. The van der Waals surface area contributed by atoms with Gasteiger partial charge in [0, 0.05) is 6.54 Å². The Morgan fingerprint density at radius 1 is 1.32 bits per heavy atom. The summed E-state index contributed by atoms with van der Waals surface area (Å²) in [5.41, 5.74) is 3.08. The van der Waals surface area contributed by atoms with Crippen LogP contribution in [0.15, 0.2) is 29.4 Å². The Balaban J connectivity index is 1.99. The number of hydrogen-bond acceptors (Lipinski definition) is 4. The molecular formula is C15H18N4. The van der Waals surface area contributed by atoms with Gasteiger partial charge in [-0.25, -0.2) is 0 Å². The predicted octanol–water partition coefficient (Wildman–Crippen LogP) is 2.71. The maximum absolute atomic E-state index is 9.34. The van der Waals surface area contributed by atoms with E-state index in [2.05, 4.69) is 54.3 Å². The first-order chi connectivity index (χ1) is 9.07. The molecule has 1 aromatic carbocycles. The minimum Gasteiger partial charge on any atom is -0.198 e. The molecule has 2 atom stereocenters. The van der Waals surface area contributed by atoms with Gasteiger partial charge in [-0.15, -0.1) is 0 Å². The Labute approximate surface area is 113 Å². The Kier molecular flexibility index (Phi) is 2.61. The third-order valence-corrected chi connectivity index (χ3v) is 4.47. The first-order valence-corrected chi connectivity index (χ1v) is 6.67. The van der Waals surface area contributed by atoms with Crippen LogP contribution in [0.3, 0.4) is 0 Å². The van der Waals surface area contributed by atoms with Crippen LogP contribution in [0.4, 0.5) is 5.69 Å². The fraction of sp³-hybridized carbons (Fsp3) is 0.467. The molecule has 0 radical (unpaired) electrons. The van der Waals surface area contributed by atoms with E-state index in [0.29, 0.717) is 0 Å². The number of benzene rings is 1. The van der Waals surface area contributed by atoms with Gasteiger partial charge in [-0.3, -0.25) is 0 Å². The molecule has 2 aliphatic rings. The highest BCUT2D eigenvalue weighted by molar-refractivity contribution is 5.95. The lowest BCUT2D eigenvalue weighted by molar-refractivity contribution is 0.210. The average Bonchev–Trinajstić information content (AvgIpc) is 2.86. The van der Waals surface area contributed by atoms with E-state index < -0.39 is 0 Å². The maximum atomic E-state index is 9.34. The molecule has 2 heterocycles. The zero-order valence-corrected chi connectivity index (χ0v) is 11.6. The molecule has 2 aliphatic heterocycles. The minimum absolute atomic E-state index is 0.0201. The Bertz CT molecular complexity index is 569. The van der Waals surface area contributed by atoms with E-state index in [1.807, 2.05) is 12.0 Å². The number of nitriles is 1. The summed E-state index contributed by atoms with van der Waals surface area (Å²) in [5, 5.41) is 18.2. The highest BCUT2D eigenvalue weighted by Gasteiger charge is 2.54. The summed E-state index contributed by atoms with van der Waals surface area (Å²) in [6.45, 7) is 7.11. The summed E-state index contributed by atoms with van der Waals surface area (Å²) >= 11 is 0. The van der Waals surface area contributed by atoms with E-state index in [-0.39, 0.29) is 11.5 Å². The van der Waals surface area contributed by atoms with Crippen LogP contribution in [-0.2, 0) is 0 Å². The highest BCUT2D eigenvalue weighted by atomic mass is 15.8. The first kappa shape index (κ1) is 12.2. The van der Waals surface area contributed by atoms with Crippen LogP contribution >= 0.6 is 0 Å². The number of aryl methyl sites for hydroxylation is 1. The van der Waals surface area contributed by atoms with Crippen molar-refractivity contribution in [3.05, 3.63) is 29.8 Å². The van der Waals surface area contributed by atoms with Crippen molar-refractivity contribution in [3.8, 4) is 6.07 Å². The van der Waals surface area contributed by atoms with Gasteiger partial charge in [0.1, 0.15) is 0 Å². The second kappa shape index (κ2) is 4.07. The van der Waals surface area contributed by atoms with Crippen LogP contribution in [0.1, 0.15) is 25.8 Å². The van der Waals surface area contributed by atoms with Crippen molar-refractivity contribution < 1.29 is 0 Å². The van der Waals surface area contributed by atoms with Crippen LogP contribution in [0.5, 0.6) is 0 Å². The minimum atomic E-state index is -0.250. The Hall–Kier alpha value is -1.86. The Morgan fingerprint density at radius 3 is 2.63 bits per heavy atom. The van der Waals surface area contributed by atoms with Crippen LogP contribution < -0.4 is 5.12 Å². The second-order valence-corrected chi connectivity index (χ2v) is 5.55. The number of rotatable bonds is 1. The van der Waals surface area contributed by atoms with Crippen LogP contribution in [0.2, 0.25) is 0 Å². The van der Waals surface area contributed by atoms with Crippen molar-refractivity contribution in [1.82, 2.24) is 5.01 Å². The standard InChI is InChI=1S/C15H18N4/c1-11-4-6-14(7-5-11)19-17-12(2)15(3)13(10-16)8-9-18(15)19/h4-7,13H,8-9H2,1-3H3/t13-,15+/m0/s1. The van der Waals surface area contributed by atoms with Crippen molar-refractivity contribution in [2.45, 2.75) is 32.7 Å². The van der Waals surface area contributed by atoms with Crippen molar-refractivity contribution in [2.24, 2.45) is 11.0 Å². The fourth-order valence-corrected chi connectivity index (χ4v) is 3.04. The molecule has 4 heteroatoms. The first-order valence-electron chi connectivity index (χ1n) is 6.67. The van der Waals surface area contributed by atoms with Crippen molar-refractivity contribution in [1.29, 1.82) is 5.26 Å². The molecule has 1 fully saturated rings. The van der Waals surface area contributed by atoms with E-state index >= 15 is 0 Å². The number of fused-ring (bicyclic) bond motifs is 1. The molecule has 0 amide bonds. The number of hydrogen-bond donors (Lipinski definition) is 0. The highest BCUT2D eigenvalue weighted by Crippen LogP contribution is 2.42. The van der Waals surface area contributed by atoms with Crippen molar-refractivity contribution in [3.63, 3.8) is 0 Å². The number of hydrazone groups is 1. The van der Waals surface area contributed by atoms with Gasteiger partial charge in [0.15, 0.2) is 0 Å². The molecule has 0 aromatic heterocycles. The fourth-order valence-electron chi connectivity index (χ4n) is 3.04. The molecule has 0 bridgehead atoms. The molecule has 19 heavy (non-hydrogen) atoms. The molecule has 0 aliphatic carbocycles. The van der Waals surface area contributed by atoms with Gasteiger partial charge in [0.2, 0.25) is 0 Å². The zero-order chi connectivity index (χ0) is 13.6. The third-order valence-electron chi connectivity index (χ3n) is 4.47. The summed E-state index contributed by atoms with van der Waals surface area (Å²) in [6.07, 6.45) is 0.905. The van der Waals surface area contributed by atoms with E-state index in [4.69, 9.17) is 0 Å². The molecule has 1 saturated heterocycles. The summed E-state index contributed by atoms with van der Waals surface area (Å²) in [6, 6.07) is 10.8. The van der Waals surface area contributed by atoms with Crippen LogP contribution in [-0.4, -0.2) is 22.8 Å². The topological polar surface area (TPSA) is 42.6 Å². The Morgan fingerprint density at radius 2 is 2.00 bits per heavy atom. The van der Waals surface area contributed by atoms with Gasteiger partial charge in [0.25, 0.3) is 0 Å². The van der Waals surface area contributed by atoms with E-state index in [1.165, 1.54) is 5.56 Å². The molecule has 98 valence electrons. The number of nitrogens with zero attached hydrogens (tertiary/aromatic N) is 4. The van der Waals surface area contributed by atoms with Gasteiger partial charge < -0.3 is 0 Å². The normalized spacial score (nSPS) is 30.1. The number of anilines is 1. The summed E-state index contributed by atoms with van der Waals surface area (Å²) in [7, 11) is 0. The molecule has 0 saturated carbocycles. The molecule has 0 unspecified atom stereocenters. The van der Waals surface area contributed by atoms with Gasteiger partial charge in [0.05, 0.1) is 28.9 Å². The van der Waals surface area contributed by atoms with E-state index in [9.17, 15) is 5.26 Å². The molecule has 3 rings (SSSR count). The monoisotopic (exact) mass is 254 g/mol. The number of hydrazine groups is 1. The van der Waals surface area contributed by atoms with E-state index in [0.717, 1.165) is 24.4 Å². The molecule has 1 aromatic rings. The molecule has 0 N–H and O–H groups in total. The third kappa shape index (κ3) is 1.58. The summed E-state index contributed by atoms with van der Waals surface area (Å²) < 4.78 is 0. The molecular weight excluding hydrogens is 236 g/mol. The average molecular weight is 254 g/mol. The lowest BCUT2D eigenvalue weighted by atomic mass is 9.85. The van der Waals surface area contributed by atoms with Gasteiger partial charge in [-0.2, -0.15) is 20.5 Å². The van der Waals surface area contributed by atoms with Crippen molar-refractivity contribution in [2.75, 3.05) is 11.7 Å². The molecule has 0 spiro atoms. The maximum Gasteiger partial charge on any atom is 0.0948 e. The predicted molar refractivity (Wildman–Crippen MR) is 75.6 cm³/mol. The quantitative estimate of drug-likeness (QED) is 0.774. The largest absolute Gasteiger partial charge is 0.198 e. The van der Waals surface area contributed by atoms with Crippen LogP contribution in [0, 0.1) is 24.2 Å². The van der Waals surface area contributed by atoms with Gasteiger partial charge in [-0.05, 0) is 39.3 Å². The summed E-state index contributed by atoms with van der Waals surface area (Å²) in [4.78, 5) is 0.